The number of carbonyl (C=O) groups is 1. The summed E-state index contributed by atoms with van der Waals surface area (Å²) in [6, 6.07) is 5.09. The molecule has 0 atom stereocenters. The van der Waals surface area contributed by atoms with Crippen molar-refractivity contribution >= 4 is 28.9 Å². The molecule has 0 radical (unpaired) electrons. The first-order chi connectivity index (χ1) is 15.9. The minimum atomic E-state index is -0.650. The highest BCUT2D eigenvalue weighted by Gasteiger charge is 2.16. The van der Waals surface area contributed by atoms with Crippen LogP contribution in [0.2, 0.25) is 0 Å². The number of oxazole rings is 1. The molecule has 0 aromatic carbocycles. The topological polar surface area (TPSA) is 166 Å². The number of anilines is 3. The maximum Gasteiger partial charge on any atom is 0.308 e. The Hall–Kier alpha value is -4.19. The Morgan fingerprint density at radius 2 is 2.09 bits per heavy atom. The first-order valence-electron chi connectivity index (χ1n) is 10.3. The van der Waals surface area contributed by atoms with Gasteiger partial charge in [-0.05, 0) is 38.3 Å². The van der Waals surface area contributed by atoms with Gasteiger partial charge in [-0.3, -0.25) is 9.59 Å². The van der Waals surface area contributed by atoms with E-state index in [2.05, 4.69) is 25.7 Å². The fraction of sp³-hybridized carbons (Fsp3) is 0.286. The molecule has 5 rings (SSSR count). The number of pyridine rings is 1. The zero-order valence-electron chi connectivity index (χ0n) is 18.1. The summed E-state index contributed by atoms with van der Waals surface area (Å²) in [5.74, 6) is 0.237. The van der Waals surface area contributed by atoms with Gasteiger partial charge in [-0.2, -0.15) is 14.6 Å². The third kappa shape index (κ3) is 4.55. The lowest BCUT2D eigenvalue weighted by atomic mass is 9.97. The molecule has 4 aromatic rings. The number of amides is 1. The van der Waals surface area contributed by atoms with E-state index < -0.39 is 5.91 Å². The fourth-order valence-corrected chi connectivity index (χ4v) is 3.10. The molecule has 1 aliphatic rings. The summed E-state index contributed by atoms with van der Waals surface area (Å²) >= 11 is 0. The van der Waals surface area contributed by atoms with Crippen molar-refractivity contribution in [1.29, 1.82) is 0 Å². The van der Waals surface area contributed by atoms with E-state index in [4.69, 9.17) is 15.3 Å². The van der Waals surface area contributed by atoms with Gasteiger partial charge in [0.2, 0.25) is 0 Å². The van der Waals surface area contributed by atoms with E-state index in [1.165, 1.54) is 28.0 Å². The van der Waals surface area contributed by atoms with E-state index in [1.807, 2.05) is 0 Å². The smallest absolute Gasteiger partial charge is 0.308 e. The second-order valence-corrected chi connectivity index (χ2v) is 7.51. The number of aliphatic hydroxyl groups excluding tert-OH is 1. The average molecular weight is 452 g/mol. The van der Waals surface area contributed by atoms with Crippen LogP contribution in [0.3, 0.4) is 0 Å². The largest absolute Gasteiger partial charge is 0.431 e. The summed E-state index contributed by atoms with van der Waals surface area (Å²) in [6.45, 7) is 1.76. The predicted molar refractivity (Wildman–Crippen MR) is 121 cm³/mol. The van der Waals surface area contributed by atoms with Crippen LogP contribution in [0.25, 0.3) is 11.7 Å². The number of nitrogens with one attached hydrogen (secondary N) is 2. The van der Waals surface area contributed by atoms with Crippen LogP contribution in [-0.2, 0) is 0 Å². The van der Waals surface area contributed by atoms with Crippen molar-refractivity contribution in [1.82, 2.24) is 24.1 Å². The van der Waals surface area contributed by atoms with Crippen LogP contribution in [0.5, 0.6) is 0 Å². The number of aromatic nitrogens is 5. The lowest BCUT2D eigenvalue weighted by molar-refractivity contribution is 0.0949. The molecule has 4 aromatic heterocycles. The van der Waals surface area contributed by atoms with Crippen molar-refractivity contribution in [2.24, 2.45) is 5.73 Å². The van der Waals surface area contributed by atoms with Crippen LogP contribution in [0.4, 0.5) is 17.3 Å². The summed E-state index contributed by atoms with van der Waals surface area (Å²) in [6.07, 6.45) is 7.74. The van der Waals surface area contributed by atoms with Gasteiger partial charge >= 0.3 is 6.01 Å². The van der Waals surface area contributed by atoms with Gasteiger partial charge in [0.25, 0.3) is 11.5 Å². The van der Waals surface area contributed by atoms with Crippen LogP contribution in [0.15, 0.2) is 46.1 Å². The van der Waals surface area contributed by atoms with Crippen LogP contribution in [0.1, 0.15) is 35.3 Å². The third-order valence-corrected chi connectivity index (χ3v) is 5.09. The number of carbonyl (C=O) groups excluding carboxylic acids is 1. The second kappa shape index (κ2) is 9.12. The standard InChI is InChI=1S/C17H16N8O3.C4H8O/c1-9-8-28-17(21-9)24-5-3-4-11(16(24)27)22-12-6-13(19-2)25-15(23-12)10(7-20-25)14(18)26;5-4-2-1-3-4/h3-8,19H,1-2H3,(H2,18,26)(H,22,23);4-5H,1-3H2. The minimum Gasteiger partial charge on any atom is -0.431 e. The molecule has 0 saturated heterocycles. The molecule has 5 N–H and O–H groups in total. The zero-order valence-corrected chi connectivity index (χ0v) is 18.1. The number of primary amides is 1. The van der Waals surface area contributed by atoms with E-state index in [-0.39, 0.29) is 34.6 Å². The highest BCUT2D eigenvalue weighted by Crippen LogP contribution is 2.21. The van der Waals surface area contributed by atoms with E-state index in [9.17, 15) is 9.59 Å². The lowest BCUT2D eigenvalue weighted by Gasteiger charge is -2.17. The number of aliphatic hydroxyl groups is 1. The molecule has 12 heteroatoms. The number of hydrogen-bond acceptors (Lipinski definition) is 9. The molecule has 0 unspecified atom stereocenters. The Balaban J connectivity index is 0.000000459. The highest BCUT2D eigenvalue weighted by atomic mass is 16.4. The first kappa shape index (κ1) is 22.0. The third-order valence-electron chi connectivity index (χ3n) is 5.09. The molecule has 1 aliphatic carbocycles. The fourth-order valence-electron chi connectivity index (χ4n) is 3.10. The normalized spacial score (nSPS) is 13.2. The van der Waals surface area contributed by atoms with E-state index in [0.29, 0.717) is 17.3 Å². The molecule has 0 spiro atoms. The molecule has 1 saturated carbocycles. The van der Waals surface area contributed by atoms with Gasteiger partial charge < -0.3 is 25.9 Å². The maximum atomic E-state index is 12.8. The summed E-state index contributed by atoms with van der Waals surface area (Å²) in [5, 5.41) is 18.5. The SMILES string of the molecule is CNc1cc(Nc2cccn(-c3nc(C)co3)c2=O)nc2c(C(N)=O)cnn12.OC1CCC1. The van der Waals surface area contributed by atoms with Gasteiger partial charge in [0.15, 0.2) is 5.65 Å². The van der Waals surface area contributed by atoms with Crippen molar-refractivity contribution in [3.05, 3.63) is 58.5 Å². The second-order valence-electron chi connectivity index (χ2n) is 7.51. The first-order valence-corrected chi connectivity index (χ1v) is 10.3. The van der Waals surface area contributed by atoms with E-state index >= 15 is 0 Å². The monoisotopic (exact) mass is 452 g/mol. The zero-order chi connectivity index (χ0) is 23.5. The molecule has 0 aliphatic heterocycles. The summed E-state index contributed by atoms with van der Waals surface area (Å²) in [7, 11) is 1.70. The number of rotatable bonds is 5. The molecule has 12 nitrogen and oxygen atoms in total. The lowest BCUT2D eigenvalue weighted by Crippen LogP contribution is -2.21. The number of fused-ring (bicyclic) bond motifs is 1. The summed E-state index contributed by atoms with van der Waals surface area (Å²) in [5.41, 5.74) is 6.35. The van der Waals surface area contributed by atoms with E-state index in [0.717, 1.165) is 12.8 Å². The number of hydrogen-bond donors (Lipinski definition) is 4. The van der Waals surface area contributed by atoms with Crippen LogP contribution in [-0.4, -0.2) is 48.3 Å². The Kier molecular flexibility index (Phi) is 6.09. The van der Waals surface area contributed by atoms with Gasteiger partial charge in [-0.15, -0.1) is 0 Å². The summed E-state index contributed by atoms with van der Waals surface area (Å²) < 4.78 is 8.02. The van der Waals surface area contributed by atoms with Gasteiger partial charge in [-0.1, -0.05) is 0 Å². The molecule has 33 heavy (non-hydrogen) atoms. The molecular formula is C21H24N8O4. The maximum absolute atomic E-state index is 12.8. The Bertz CT molecular complexity index is 1350. The van der Waals surface area contributed by atoms with Crippen molar-refractivity contribution in [2.45, 2.75) is 32.3 Å². The van der Waals surface area contributed by atoms with Crippen molar-refractivity contribution < 1.29 is 14.3 Å². The van der Waals surface area contributed by atoms with Crippen molar-refractivity contribution in [2.75, 3.05) is 17.7 Å². The quantitative estimate of drug-likeness (QED) is 0.352. The Labute approximate surface area is 188 Å². The van der Waals surface area contributed by atoms with Crippen LogP contribution >= 0.6 is 0 Å². The molecule has 1 amide bonds. The van der Waals surface area contributed by atoms with Gasteiger partial charge in [0.1, 0.15) is 29.1 Å². The van der Waals surface area contributed by atoms with Crippen molar-refractivity contribution in [3.63, 3.8) is 0 Å². The number of aryl methyl sites for hydroxylation is 1. The molecule has 1 fully saturated rings. The van der Waals surface area contributed by atoms with Gasteiger partial charge in [0.05, 0.1) is 18.0 Å². The number of nitrogens with zero attached hydrogens (tertiary/aromatic N) is 5. The Morgan fingerprint density at radius 1 is 1.33 bits per heavy atom. The average Bonchev–Trinajstić information content (AvgIpc) is 3.40. The molecule has 172 valence electrons. The van der Waals surface area contributed by atoms with Crippen LogP contribution in [0, 0.1) is 6.92 Å². The van der Waals surface area contributed by atoms with Gasteiger partial charge in [0, 0.05) is 19.3 Å². The van der Waals surface area contributed by atoms with Crippen molar-refractivity contribution in [3.8, 4) is 6.01 Å². The molecular weight excluding hydrogens is 428 g/mol. The molecule has 0 bridgehead atoms. The number of nitrogens with two attached hydrogens (primary N) is 1. The summed E-state index contributed by atoms with van der Waals surface area (Å²) in [4.78, 5) is 32.9. The highest BCUT2D eigenvalue weighted by molar-refractivity contribution is 5.98. The predicted octanol–water partition coefficient (Wildman–Crippen LogP) is 1.59. The Morgan fingerprint density at radius 3 is 2.67 bits per heavy atom. The van der Waals surface area contributed by atoms with Crippen LogP contribution < -0.4 is 21.9 Å². The van der Waals surface area contributed by atoms with E-state index in [1.54, 1.807) is 38.4 Å². The minimum absolute atomic E-state index is 0.0648. The van der Waals surface area contributed by atoms with Gasteiger partial charge in [-0.25, -0.2) is 9.55 Å². The molecule has 4 heterocycles.